The summed E-state index contributed by atoms with van der Waals surface area (Å²) in [6, 6.07) is 22.3. The predicted molar refractivity (Wildman–Crippen MR) is 120 cm³/mol. The molecule has 1 aliphatic rings. The molecule has 4 rings (SSSR count). The third-order valence-corrected chi connectivity index (χ3v) is 6.27. The highest BCUT2D eigenvalue weighted by molar-refractivity contribution is 8.00. The average Bonchev–Trinajstić information content (AvgIpc) is 3.10. The van der Waals surface area contributed by atoms with Gasteiger partial charge in [0.25, 0.3) is 5.91 Å². The highest BCUT2D eigenvalue weighted by Crippen LogP contribution is 2.42. The number of thioether (sulfide) groups is 1. The molecule has 0 aliphatic carbocycles. The maximum Gasteiger partial charge on any atom is 0.255 e. The van der Waals surface area contributed by atoms with E-state index in [1.807, 2.05) is 60.4 Å². The normalized spacial score (nSPS) is 16.1. The van der Waals surface area contributed by atoms with Crippen LogP contribution in [0.2, 0.25) is 5.02 Å². The van der Waals surface area contributed by atoms with E-state index in [4.69, 9.17) is 11.6 Å². The summed E-state index contributed by atoms with van der Waals surface area (Å²) >= 11 is 7.48. The van der Waals surface area contributed by atoms with E-state index in [1.165, 1.54) is 0 Å². The van der Waals surface area contributed by atoms with Gasteiger partial charge in [-0.15, -0.1) is 11.8 Å². The molecule has 2 amide bonds. The lowest BCUT2D eigenvalue weighted by Gasteiger charge is -2.26. The van der Waals surface area contributed by atoms with Gasteiger partial charge in [0, 0.05) is 22.0 Å². The number of hydrogen-bond donors (Lipinski definition) is 1. The number of carbonyl (C=O) groups excluding carboxylic acids is 2. The molecule has 1 aliphatic heterocycles. The molecule has 29 heavy (non-hydrogen) atoms. The molecule has 3 aromatic carbocycles. The third kappa shape index (κ3) is 4.16. The fraction of sp³-hybridized carbons (Fsp3) is 0.130. The number of hydrogen-bond acceptors (Lipinski definition) is 3. The van der Waals surface area contributed by atoms with Crippen LogP contribution in [0.1, 0.15) is 26.9 Å². The van der Waals surface area contributed by atoms with Gasteiger partial charge in [0.1, 0.15) is 5.37 Å². The molecule has 0 saturated carbocycles. The van der Waals surface area contributed by atoms with Crippen molar-refractivity contribution >= 4 is 46.6 Å². The van der Waals surface area contributed by atoms with Gasteiger partial charge in [-0.2, -0.15) is 0 Å². The molecule has 0 spiro atoms. The Hall–Kier alpha value is -2.76. The second kappa shape index (κ2) is 8.31. The SMILES string of the molecule is Cc1ccccc1N1C(=O)CSC1c1ccc(NC(=O)c2ccc(Cl)cc2)cc1. The Morgan fingerprint density at radius 2 is 1.72 bits per heavy atom. The maximum atomic E-state index is 12.5. The molecule has 1 heterocycles. The molecule has 1 N–H and O–H groups in total. The van der Waals surface area contributed by atoms with E-state index in [0.29, 0.717) is 22.0 Å². The van der Waals surface area contributed by atoms with Crippen molar-refractivity contribution in [3.05, 3.63) is 94.5 Å². The Morgan fingerprint density at radius 3 is 2.41 bits per heavy atom. The van der Waals surface area contributed by atoms with Crippen molar-refractivity contribution in [3.63, 3.8) is 0 Å². The molecule has 6 heteroatoms. The van der Waals surface area contributed by atoms with Crippen LogP contribution in [0.5, 0.6) is 0 Å². The zero-order chi connectivity index (χ0) is 20.4. The van der Waals surface area contributed by atoms with Gasteiger partial charge in [0.05, 0.1) is 5.75 Å². The van der Waals surface area contributed by atoms with Crippen LogP contribution in [-0.4, -0.2) is 17.6 Å². The highest BCUT2D eigenvalue weighted by Gasteiger charge is 2.34. The van der Waals surface area contributed by atoms with Gasteiger partial charge in [-0.1, -0.05) is 41.9 Å². The molecule has 4 nitrogen and oxygen atoms in total. The number of carbonyl (C=O) groups is 2. The van der Waals surface area contributed by atoms with Crippen LogP contribution in [0, 0.1) is 6.92 Å². The molecule has 0 aromatic heterocycles. The number of amides is 2. The lowest BCUT2D eigenvalue weighted by molar-refractivity contribution is -0.115. The van der Waals surface area contributed by atoms with Crippen LogP contribution >= 0.6 is 23.4 Å². The number of nitrogens with zero attached hydrogens (tertiary/aromatic N) is 1. The van der Waals surface area contributed by atoms with E-state index in [2.05, 4.69) is 5.32 Å². The van der Waals surface area contributed by atoms with Crippen LogP contribution < -0.4 is 10.2 Å². The zero-order valence-electron chi connectivity index (χ0n) is 15.8. The molecule has 1 saturated heterocycles. The van der Waals surface area contributed by atoms with Crippen molar-refractivity contribution in [2.24, 2.45) is 0 Å². The summed E-state index contributed by atoms with van der Waals surface area (Å²) in [5.41, 5.74) is 4.27. The van der Waals surface area contributed by atoms with E-state index < -0.39 is 0 Å². The van der Waals surface area contributed by atoms with Gasteiger partial charge in [-0.05, 0) is 60.5 Å². The molecule has 1 fully saturated rings. The molecule has 1 unspecified atom stereocenters. The molecule has 0 bridgehead atoms. The first-order chi connectivity index (χ1) is 14.0. The summed E-state index contributed by atoms with van der Waals surface area (Å²) in [5, 5.41) is 3.40. The second-order valence-electron chi connectivity index (χ2n) is 6.80. The van der Waals surface area contributed by atoms with E-state index in [-0.39, 0.29) is 17.2 Å². The van der Waals surface area contributed by atoms with Crippen LogP contribution in [-0.2, 0) is 4.79 Å². The Kier molecular flexibility index (Phi) is 5.60. The predicted octanol–water partition coefficient (Wildman–Crippen LogP) is 5.68. The third-order valence-electron chi connectivity index (χ3n) is 4.80. The minimum absolute atomic E-state index is 0.0791. The summed E-state index contributed by atoms with van der Waals surface area (Å²) < 4.78 is 0. The van der Waals surface area contributed by atoms with Crippen LogP contribution in [0.25, 0.3) is 0 Å². The fourth-order valence-corrected chi connectivity index (χ4v) is 4.60. The molecular weight excluding hydrogens is 404 g/mol. The Morgan fingerprint density at radius 1 is 1.03 bits per heavy atom. The fourth-order valence-electron chi connectivity index (χ4n) is 3.30. The monoisotopic (exact) mass is 422 g/mol. The second-order valence-corrected chi connectivity index (χ2v) is 8.30. The van der Waals surface area contributed by atoms with E-state index >= 15 is 0 Å². The summed E-state index contributed by atoms with van der Waals surface area (Å²) in [6.07, 6.45) is 0. The van der Waals surface area contributed by atoms with E-state index in [9.17, 15) is 9.59 Å². The quantitative estimate of drug-likeness (QED) is 0.588. The molecule has 146 valence electrons. The summed E-state index contributed by atoms with van der Waals surface area (Å²) in [4.78, 5) is 26.8. The lowest BCUT2D eigenvalue weighted by Crippen LogP contribution is -2.28. The largest absolute Gasteiger partial charge is 0.322 e. The van der Waals surface area contributed by atoms with Gasteiger partial charge >= 0.3 is 0 Å². The Bertz CT molecular complexity index is 1050. The molecule has 1 atom stereocenters. The molecule has 0 radical (unpaired) electrons. The zero-order valence-corrected chi connectivity index (χ0v) is 17.3. The summed E-state index contributed by atoms with van der Waals surface area (Å²) in [7, 11) is 0. The minimum atomic E-state index is -0.193. The standard InChI is InChI=1S/C23H19ClN2O2S/c1-15-4-2-3-5-20(15)26-21(27)14-29-23(26)17-8-12-19(13-9-17)25-22(28)16-6-10-18(24)11-7-16/h2-13,23H,14H2,1H3,(H,25,28). The van der Waals surface area contributed by atoms with Gasteiger partial charge in [0.15, 0.2) is 0 Å². The van der Waals surface area contributed by atoms with E-state index in [0.717, 1.165) is 16.8 Å². The van der Waals surface area contributed by atoms with Crippen molar-refractivity contribution < 1.29 is 9.59 Å². The van der Waals surface area contributed by atoms with Gasteiger partial charge < -0.3 is 5.32 Å². The topological polar surface area (TPSA) is 49.4 Å². The first-order valence-corrected chi connectivity index (χ1v) is 10.6. The number of nitrogens with one attached hydrogen (secondary N) is 1. The lowest BCUT2D eigenvalue weighted by atomic mass is 10.1. The smallest absolute Gasteiger partial charge is 0.255 e. The van der Waals surface area contributed by atoms with E-state index in [1.54, 1.807) is 36.0 Å². The Balaban J connectivity index is 1.52. The summed E-state index contributed by atoms with van der Waals surface area (Å²) in [6.45, 7) is 2.01. The number of para-hydroxylation sites is 1. The van der Waals surface area contributed by atoms with Crippen molar-refractivity contribution in [3.8, 4) is 0 Å². The van der Waals surface area contributed by atoms with Crippen molar-refractivity contribution in [1.82, 2.24) is 0 Å². The van der Waals surface area contributed by atoms with Gasteiger partial charge in [-0.3, -0.25) is 14.5 Å². The number of anilines is 2. The molecular formula is C23H19ClN2O2S. The Labute approximate surface area is 178 Å². The van der Waals surface area contributed by atoms with Crippen molar-refractivity contribution in [1.29, 1.82) is 0 Å². The minimum Gasteiger partial charge on any atom is -0.322 e. The number of benzene rings is 3. The van der Waals surface area contributed by atoms with Crippen molar-refractivity contribution in [2.45, 2.75) is 12.3 Å². The summed E-state index contributed by atoms with van der Waals surface area (Å²) in [5.74, 6) is 0.365. The number of rotatable bonds is 4. The van der Waals surface area contributed by atoms with Crippen LogP contribution in [0.15, 0.2) is 72.8 Å². The number of aryl methyl sites for hydroxylation is 1. The van der Waals surface area contributed by atoms with Crippen molar-refractivity contribution in [2.75, 3.05) is 16.0 Å². The molecule has 3 aromatic rings. The van der Waals surface area contributed by atoms with Gasteiger partial charge in [-0.25, -0.2) is 0 Å². The maximum absolute atomic E-state index is 12.5. The van der Waals surface area contributed by atoms with Crippen LogP contribution in [0.3, 0.4) is 0 Å². The van der Waals surface area contributed by atoms with Gasteiger partial charge in [0.2, 0.25) is 5.91 Å². The first kappa shape index (κ1) is 19.6. The van der Waals surface area contributed by atoms with Crippen LogP contribution in [0.4, 0.5) is 11.4 Å². The average molecular weight is 423 g/mol. The first-order valence-electron chi connectivity index (χ1n) is 9.19. The number of halogens is 1. The highest BCUT2D eigenvalue weighted by atomic mass is 35.5.